The van der Waals surface area contributed by atoms with Crippen molar-refractivity contribution in [2.75, 3.05) is 6.54 Å². The van der Waals surface area contributed by atoms with Crippen LogP contribution in [0.3, 0.4) is 0 Å². The Hall–Kier alpha value is -1.70. The molecule has 0 atom stereocenters. The van der Waals surface area contributed by atoms with Gasteiger partial charge in [-0.2, -0.15) is 0 Å². The van der Waals surface area contributed by atoms with Crippen LogP contribution in [0.15, 0.2) is 21.7 Å². The highest BCUT2D eigenvalue weighted by Crippen LogP contribution is 2.29. The number of hydrogen-bond donors (Lipinski definition) is 1. The summed E-state index contributed by atoms with van der Waals surface area (Å²) >= 11 is 1.62. The summed E-state index contributed by atoms with van der Waals surface area (Å²) in [6.07, 6.45) is 3.38. The van der Waals surface area contributed by atoms with Gasteiger partial charge in [0.25, 0.3) is 5.56 Å². The summed E-state index contributed by atoms with van der Waals surface area (Å²) in [6, 6.07) is 1.93. The lowest BCUT2D eigenvalue weighted by Gasteiger charge is -2.12. The van der Waals surface area contributed by atoms with Crippen molar-refractivity contribution < 1.29 is 4.52 Å². The molecule has 0 aliphatic carbocycles. The van der Waals surface area contributed by atoms with Crippen molar-refractivity contribution in [1.82, 2.24) is 20.0 Å². The van der Waals surface area contributed by atoms with E-state index in [0.717, 1.165) is 41.8 Å². The van der Waals surface area contributed by atoms with Crippen LogP contribution in [0.2, 0.25) is 0 Å². The van der Waals surface area contributed by atoms with Crippen LogP contribution in [0.4, 0.5) is 0 Å². The predicted molar refractivity (Wildman–Crippen MR) is 101 cm³/mol. The average Bonchev–Trinajstić information content (AvgIpc) is 3.13. The summed E-state index contributed by atoms with van der Waals surface area (Å²) < 4.78 is 7.01. The number of halogens is 1. The molecule has 25 heavy (non-hydrogen) atoms. The second kappa shape index (κ2) is 7.27. The van der Waals surface area contributed by atoms with Crippen LogP contribution in [0.5, 0.6) is 0 Å². The van der Waals surface area contributed by atoms with Crippen molar-refractivity contribution in [2.45, 2.75) is 39.8 Å². The van der Waals surface area contributed by atoms with Crippen molar-refractivity contribution in [3.63, 3.8) is 0 Å². The molecule has 134 valence electrons. The van der Waals surface area contributed by atoms with Crippen LogP contribution < -0.4 is 10.9 Å². The molecule has 0 unspecified atom stereocenters. The van der Waals surface area contributed by atoms with E-state index in [9.17, 15) is 4.79 Å². The highest BCUT2D eigenvalue weighted by molar-refractivity contribution is 7.18. The van der Waals surface area contributed by atoms with Gasteiger partial charge in [0, 0.05) is 17.5 Å². The van der Waals surface area contributed by atoms with Gasteiger partial charge in [0.1, 0.15) is 4.83 Å². The van der Waals surface area contributed by atoms with Gasteiger partial charge >= 0.3 is 0 Å². The standard InChI is InChI=1S/C17H20N4O2S.ClH/c1-10(2)5-11-6-12(23-20-11)8-21-9-19-16-15(17(21)22)13-3-4-18-7-14(13)24-16;/h6,9-10,18H,3-5,7-8H2,1-2H3;1H. The van der Waals surface area contributed by atoms with Gasteiger partial charge in [-0.25, -0.2) is 4.98 Å². The Bertz CT molecular complexity index is 944. The molecule has 6 nitrogen and oxygen atoms in total. The van der Waals surface area contributed by atoms with E-state index in [0.29, 0.717) is 18.2 Å². The van der Waals surface area contributed by atoms with E-state index in [2.05, 4.69) is 29.3 Å². The van der Waals surface area contributed by atoms with Gasteiger partial charge in [-0.15, -0.1) is 23.7 Å². The minimum Gasteiger partial charge on any atom is -0.359 e. The first-order valence-corrected chi connectivity index (χ1v) is 9.08. The van der Waals surface area contributed by atoms with Crippen LogP contribution in [0.25, 0.3) is 10.2 Å². The van der Waals surface area contributed by atoms with Crippen LogP contribution in [-0.2, 0) is 25.9 Å². The second-order valence-corrected chi connectivity index (χ2v) is 7.75. The third kappa shape index (κ3) is 3.49. The van der Waals surface area contributed by atoms with Gasteiger partial charge in [-0.05, 0) is 30.9 Å². The van der Waals surface area contributed by atoms with Crippen LogP contribution in [-0.4, -0.2) is 21.3 Å². The smallest absolute Gasteiger partial charge is 0.262 e. The van der Waals surface area contributed by atoms with Gasteiger partial charge < -0.3 is 9.84 Å². The third-order valence-corrected chi connectivity index (χ3v) is 5.39. The lowest BCUT2D eigenvalue weighted by Crippen LogP contribution is -2.25. The first-order chi connectivity index (χ1) is 11.6. The Morgan fingerprint density at radius 3 is 3.08 bits per heavy atom. The highest BCUT2D eigenvalue weighted by atomic mass is 35.5. The number of nitrogens with one attached hydrogen (secondary N) is 1. The fourth-order valence-electron chi connectivity index (χ4n) is 3.18. The molecule has 0 amide bonds. The molecule has 0 aromatic carbocycles. The van der Waals surface area contributed by atoms with Crippen molar-refractivity contribution in [3.8, 4) is 0 Å². The van der Waals surface area contributed by atoms with E-state index >= 15 is 0 Å². The van der Waals surface area contributed by atoms with E-state index in [1.54, 1.807) is 22.2 Å². The van der Waals surface area contributed by atoms with Crippen LogP contribution >= 0.6 is 23.7 Å². The first-order valence-electron chi connectivity index (χ1n) is 8.26. The lowest BCUT2D eigenvalue weighted by molar-refractivity contribution is 0.366. The maximum atomic E-state index is 12.9. The molecule has 1 aliphatic heterocycles. The molecular weight excluding hydrogens is 360 g/mol. The summed E-state index contributed by atoms with van der Waals surface area (Å²) in [5.74, 6) is 1.22. The molecule has 4 heterocycles. The number of rotatable bonds is 4. The maximum Gasteiger partial charge on any atom is 0.262 e. The molecule has 8 heteroatoms. The van der Waals surface area contributed by atoms with Crippen molar-refractivity contribution in [1.29, 1.82) is 0 Å². The van der Waals surface area contributed by atoms with Crippen molar-refractivity contribution in [2.24, 2.45) is 5.92 Å². The third-order valence-electron chi connectivity index (χ3n) is 4.25. The Morgan fingerprint density at radius 2 is 2.28 bits per heavy atom. The van der Waals surface area contributed by atoms with Crippen LogP contribution in [0.1, 0.15) is 35.7 Å². The number of hydrogen-bond acceptors (Lipinski definition) is 6. The Morgan fingerprint density at radius 1 is 1.44 bits per heavy atom. The topological polar surface area (TPSA) is 73.0 Å². The minimum atomic E-state index is 0. The van der Waals surface area contributed by atoms with Crippen LogP contribution in [0, 0.1) is 5.92 Å². The van der Waals surface area contributed by atoms with E-state index in [-0.39, 0.29) is 18.0 Å². The monoisotopic (exact) mass is 380 g/mol. The van der Waals surface area contributed by atoms with Gasteiger partial charge in [0.15, 0.2) is 5.76 Å². The van der Waals surface area contributed by atoms with E-state index < -0.39 is 0 Å². The molecule has 0 bridgehead atoms. The molecule has 3 aromatic rings. The molecule has 4 rings (SSSR count). The van der Waals surface area contributed by atoms with Crippen molar-refractivity contribution >= 4 is 34.0 Å². The number of aromatic nitrogens is 3. The van der Waals surface area contributed by atoms with Gasteiger partial charge in [0.05, 0.1) is 24.0 Å². The molecule has 0 saturated carbocycles. The van der Waals surface area contributed by atoms with Gasteiger partial charge in [-0.3, -0.25) is 9.36 Å². The molecule has 0 spiro atoms. The van der Waals surface area contributed by atoms with Crippen molar-refractivity contribution in [3.05, 3.63) is 44.6 Å². The van der Waals surface area contributed by atoms with E-state index in [4.69, 9.17) is 4.52 Å². The normalized spacial score (nSPS) is 13.9. The average molecular weight is 381 g/mol. The summed E-state index contributed by atoms with van der Waals surface area (Å²) in [6.45, 7) is 6.40. The summed E-state index contributed by atoms with van der Waals surface area (Å²) in [5.41, 5.74) is 2.11. The molecule has 0 fully saturated rings. The molecular formula is C17H21ClN4O2S. The van der Waals surface area contributed by atoms with Gasteiger partial charge in [0.2, 0.25) is 0 Å². The first kappa shape index (κ1) is 18.1. The summed E-state index contributed by atoms with van der Waals surface area (Å²) in [5, 5.41) is 8.21. The van der Waals surface area contributed by atoms with Gasteiger partial charge in [-0.1, -0.05) is 19.0 Å². The Labute approximate surface area is 155 Å². The maximum absolute atomic E-state index is 12.9. The minimum absolute atomic E-state index is 0. The molecule has 3 aromatic heterocycles. The highest BCUT2D eigenvalue weighted by Gasteiger charge is 2.20. The summed E-state index contributed by atoms with van der Waals surface area (Å²) in [4.78, 5) is 19.5. The second-order valence-electron chi connectivity index (χ2n) is 6.67. The predicted octanol–water partition coefficient (Wildman–Crippen LogP) is 2.76. The Kier molecular flexibility index (Phi) is 5.27. The molecule has 1 N–H and O–H groups in total. The number of fused-ring (bicyclic) bond motifs is 3. The SMILES string of the molecule is CC(C)Cc1cc(Cn2cnc3sc4c(c3c2=O)CCNC4)on1.Cl. The van der Waals surface area contributed by atoms with E-state index in [1.165, 1.54) is 10.4 Å². The zero-order valence-electron chi connectivity index (χ0n) is 14.2. The number of thiophene rings is 1. The fourth-order valence-corrected chi connectivity index (χ4v) is 4.32. The summed E-state index contributed by atoms with van der Waals surface area (Å²) in [7, 11) is 0. The molecule has 0 saturated heterocycles. The zero-order valence-corrected chi connectivity index (χ0v) is 15.9. The molecule has 0 radical (unpaired) electrons. The molecule has 1 aliphatic rings. The zero-order chi connectivity index (χ0) is 16.7. The van der Waals surface area contributed by atoms with E-state index in [1.807, 2.05) is 6.07 Å². The quantitative estimate of drug-likeness (QED) is 0.753. The Balaban J connectivity index is 0.00000182. The fraction of sp³-hybridized carbons (Fsp3) is 0.471. The lowest BCUT2D eigenvalue weighted by atomic mass is 10.1. The largest absolute Gasteiger partial charge is 0.359 e. The number of nitrogens with zero attached hydrogens (tertiary/aromatic N) is 3.